The van der Waals surface area contributed by atoms with E-state index in [0.717, 1.165) is 25.7 Å². The zero-order valence-electron chi connectivity index (χ0n) is 14.9. The molecule has 0 aliphatic heterocycles. The fourth-order valence-electron chi connectivity index (χ4n) is 3.24. The topological polar surface area (TPSA) is 70.9 Å². The van der Waals surface area contributed by atoms with Gasteiger partial charge in [0, 0.05) is 6.04 Å². The van der Waals surface area contributed by atoms with E-state index in [4.69, 9.17) is 4.74 Å². The zero-order chi connectivity index (χ0) is 18.4. The van der Waals surface area contributed by atoms with Crippen molar-refractivity contribution in [1.29, 1.82) is 0 Å². The van der Waals surface area contributed by atoms with E-state index in [2.05, 4.69) is 10.3 Å². The number of nitrogens with one attached hydrogen (secondary N) is 1. The lowest BCUT2D eigenvalue weighted by molar-refractivity contribution is -0.115. The van der Waals surface area contributed by atoms with Gasteiger partial charge in [-0.15, -0.1) is 0 Å². The fourth-order valence-corrected chi connectivity index (χ4v) is 3.24. The average molecular weight is 352 g/mol. The van der Waals surface area contributed by atoms with E-state index in [-0.39, 0.29) is 23.4 Å². The molecule has 0 aromatic heterocycles. The van der Waals surface area contributed by atoms with E-state index in [9.17, 15) is 9.90 Å². The van der Waals surface area contributed by atoms with Crippen LogP contribution in [0.15, 0.2) is 53.5 Å². The van der Waals surface area contributed by atoms with E-state index in [1.807, 2.05) is 30.3 Å². The molecule has 1 aliphatic rings. The van der Waals surface area contributed by atoms with Gasteiger partial charge in [0.2, 0.25) is 0 Å². The number of amides is 1. The summed E-state index contributed by atoms with van der Waals surface area (Å²) >= 11 is 0. The molecule has 5 heteroatoms. The number of hydrogen-bond acceptors (Lipinski definition) is 4. The van der Waals surface area contributed by atoms with Crippen molar-refractivity contribution in [2.75, 3.05) is 7.11 Å². The van der Waals surface area contributed by atoms with Gasteiger partial charge in [0.05, 0.1) is 18.4 Å². The predicted octanol–water partition coefficient (Wildman–Crippen LogP) is 3.97. The van der Waals surface area contributed by atoms with Gasteiger partial charge in [-0.3, -0.25) is 4.79 Å². The molecule has 3 rings (SSSR count). The molecule has 2 aromatic carbocycles. The molecular weight excluding hydrogens is 328 g/mol. The van der Waals surface area contributed by atoms with Crippen molar-refractivity contribution in [3.63, 3.8) is 0 Å². The number of carbonyl (C=O) groups excluding carboxylic acids is 1. The third-order valence-corrected chi connectivity index (χ3v) is 4.63. The number of para-hydroxylation sites is 2. The summed E-state index contributed by atoms with van der Waals surface area (Å²) in [5.74, 6) is -0.0403. The van der Waals surface area contributed by atoms with E-state index >= 15 is 0 Å². The lowest BCUT2D eigenvalue weighted by Gasteiger charge is -2.23. The molecule has 26 heavy (non-hydrogen) atoms. The highest BCUT2D eigenvalue weighted by Gasteiger charge is 2.23. The first-order valence-corrected chi connectivity index (χ1v) is 9.00. The second-order valence-electron chi connectivity index (χ2n) is 6.46. The normalized spacial score (nSPS) is 15.5. The summed E-state index contributed by atoms with van der Waals surface area (Å²) in [5.41, 5.74) is 1.21. The summed E-state index contributed by atoms with van der Waals surface area (Å²) in [6.07, 6.45) is 5.43. The van der Waals surface area contributed by atoms with E-state index < -0.39 is 0 Å². The van der Waals surface area contributed by atoms with Crippen LogP contribution in [0.25, 0.3) is 0 Å². The Labute approximate surface area is 153 Å². The third-order valence-electron chi connectivity index (χ3n) is 4.63. The average Bonchev–Trinajstić information content (AvgIpc) is 2.68. The molecule has 0 unspecified atom stereocenters. The molecule has 1 saturated carbocycles. The van der Waals surface area contributed by atoms with Crippen LogP contribution in [-0.4, -0.2) is 29.9 Å². The lowest BCUT2D eigenvalue weighted by atomic mass is 9.95. The second-order valence-corrected chi connectivity index (χ2v) is 6.46. The number of aliphatic imine (C=N–C) groups is 1. The number of carbonyl (C=O) groups is 1. The fraction of sp³-hybridized carbons (Fsp3) is 0.333. The Morgan fingerprint density at radius 2 is 1.81 bits per heavy atom. The molecule has 5 nitrogen and oxygen atoms in total. The summed E-state index contributed by atoms with van der Waals surface area (Å²) in [6.45, 7) is 0. The molecule has 0 saturated heterocycles. The third kappa shape index (κ3) is 4.23. The van der Waals surface area contributed by atoms with Crippen LogP contribution in [0, 0.1) is 0 Å². The number of phenolic OH excluding ortho intramolecular Hbond substituents is 1. The number of methoxy groups -OCH3 is 1. The molecule has 1 aliphatic carbocycles. The standard InChI is InChI=1S/C21H24N2O3/c1-26-18-14-8-13-17(20(18)24)19(22-15-9-4-2-5-10-15)21(25)23-16-11-6-3-7-12-16/h2,4-5,8-10,13-14,16,24H,3,6-7,11-12H2,1H3,(H,23,25). The molecular formula is C21H24N2O3. The molecule has 136 valence electrons. The van der Waals surface area contributed by atoms with Gasteiger partial charge in [0.15, 0.2) is 11.5 Å². The first-order valence-electron chi connectivity index (χ1n) is 9.00. The molecule has 0 spiro atoms. The van der Waals surface area contributed by atoms with Gasteiger partial charge in [-0.2, -0.15) is 0 Å². The molecule has 0 atom stereocenters. The molecule has 1 fully saturated rings. The number of aromatic hydroxyl groups is 1. The maximum Gasteiger partial charge on any atom is 0.270 e. The maximum absolute atomic E-state index is 13.0. The first kappa shape index (κ1) is 18.0. The first-order chi connectivity index (χ1) is 12.7. The molecule has 0 radical (unpaired) electrons. The van der Waals surface area contributed by atoms with Crippen LogP contribution in [0.1, 0.15) is 37.7 Å². The van der Waals surface area contributed by atoms with Crippen LogP contribution >= 0.6 is 0 Å². The van der Waals surface area contributed by atoms with Crippen molar-refractivity contribution >= 4 is 17.3 Å². The van der Waals surface area contributed by atoms with E-state index in [1.165, 1.54) is 13.5 Å². The highest BCUT2D eigenvalue weighted by Crippen LogP contribution is 2.31. The Hall–Kier alpha value is -2.82. The Morgan fingerprint density at radius 3 is 2.50 bits per heavy atom. The Kier molecular flexibility index (Phi) is 5.89. The largest absolute Gasteiger partial charge is 0.504 e. The van der Waals surface area contributed by atoms with Gasteiger partial charge >= 0.3 is 0 Å². The minimum atomic E-state index is -0.274. The van der Waals surface area contributed by atoms with Crippen molar-refractivity contribution in [3.05, 3.63) is 54.1 Å². The molecule has 2 aromatic rings. The van der Waals surface area contributed by atoms with Crippen LogP contribution in [0.5, 0.6) is 11.5 Å². The molecule has 0 bridgehead atoms. The number of nitrogens with zero attached hydrogens (tertiary/aromatic N) is 1. The number of hydrogen-bond donors (Lipinski definition) is 2. The van der Waals surface area contributed by atoms with E-state index in [0.29, 0.717) is 17.0 Å². The number of phenols is 1. The maximum atomic E-state index is 13.0. The summed E-state index contributed by atoms with van der Waals surface area (Å²) in [5, 5.41) is 13.6. The van der Waals surface area contributed by atoms with Crippen LogP contribution in [0.4, 0.5) is 5.69 Å². The minimum Gasteiger partial charge on any atom is -0.504 e. The molecule has 0 heterocycles. The Morgan fingerprint density at radius 1 is 1.08 bits per heavy atom. The van der Waals surface area contributed by atoms with Crippen LogP contribution in [0.3, 0.4) is 0 Å². The van der Waals surface area contributed by atoms with Crippen LogP contribution < -0.4 is 10.1 Å². The quantitative estimate of drug-likeness (QED) is 0.800. The van der Waals surface area contributed by atoms with Gasteiger partial charge in [0.1, 0.15) is 5.71 Å². The van der Waals surface area contributed by atoms with Crippen molar-refractivity contribution in [3.8, 4) is 11.5 Å². The van der Waals surface area contributed by atoms with Gasteiger partial charge in [-0.05, 0) is 37.1 Å². The zero-order valence-corrected chi connectivity index (χ0v) is 14.9. The minimum absolute atomic E-state index is 0.0801. The predicted molar refractivity (Wildman–Crippen MR) is 102 cm³/mol. The van der Waals surface area contributed by atoms with Crippen molar-refractivity contribution in [2.24, 2.45) is 4.99 Å². The Balaban J connectivity index is 1.97. The van der Waals surface area contributed by atoms with Gasteiger partial charge < -0.3 is 15.2 Å². The summed E-state index contributed by atoms with van der Waals surface area (Å²) in [4.78, 5) is 17.5. The second kappa shape index (κ2) is 8.52. The van der Waals surface area contributed by atoms with Gasteiger partial charge in [-0.1, -0.05) is 43.5 Å². The van der Waals surface area contributed by atoms with Crippen molar-refractivity contribution < 1.29 is 14.6 Å². The summed E-state index contributed by atoms with van der Waals surface area (Å²) in [7, 11) is 1.48. The van der Waals surface area contributed by atoms with Gasteiger partial charge in [-0.25, -0.2) is 4.99 Å². The van der Waals surface area contributed by atoms with Crippen LogP contribution in [-0.2, 0) is 4.79 Å². The SMILES string of the molecule is COc1cccc(C(=Nc2ccccc2)C(=O)NC2CCCCC2)c1O. The number of rotatable bonds is 5. The molecule has 2 N–H and O–H groups in total. The summed E-state index contributed by atoms with van der Waals surface area (Å²) in [6, 6.07) is 14.5. The molecule has 1 amide bonds. The van der Waals surface area contributed by atoms with E-state index in [1.54, 1.807) is 18.2 Å². The number of benzene rings is 2. The lowest BCUT2D eigenvalue weighted by Crippen LogP contribution is -2.40. The van der Waals surface area contributed by atoms with Gasteiger partial charge in [0.25, 0.3) is 5.91 Å². The number of ether oxygens (including phenoxy) is 1. The highest BCUT2D eigenvalue weighted by molar-refractivity contribution is 6.46. The summed E-state index contributed by atoms with van der Waals surface area (Å²) < 4.78 is 5.18. The van der Waals surface area contributed by atoms with Crippen LogP contribution in [0.2, 0.25) is 0 Å². The Bertz CT molecular complexity index is 781. The van der Waals surface area contributed by atoms with Crippen molar-refractivity contribution in [1.82, 2.24) is 5.32 Å². The van der Waals surface area contributed by atoms with Crippen molar-refractivity contribution in [2.45, 2.75) is 38.1 Å². The smallest absolute Gasteiger partial charge is 0.270 e. The monoisotopic (exact) mass is 352 g/mol. The highest BCUT2D eigenvalue weighted by atomic mass is 16.5.